The summed E-state index contributed by atoms with van der Waals surface area (Å²) in [5, 5.41) is 2.76. The van der Waals surface area contributed by atoms with E-state index in [1.165, 1.54) is 0 Å². The minimum absolute atomic E-state index is 0.0542. The number of carbonyl (C=O) groups is 1. The summed E-state index contributed by atoms with van der Waals surface area (Å²) in [6.45, 7) is 2.63. The van der Waals surface area contributed by atoms with Gasteiger partial charge < -0.3 is 14.8 Å². The van der Waals surface area contributed by atoms with Gasteiger partial charge in [0.1, 0.15) is 12.4 Å². The first kappa shape index (κ1) is 15.5. The van der Waals surface area contributed by atoms with Crippen molar-refractivity contribution >= 4 is 43.5 Å². The van der Waals surface area contributed by atoms with Crippen LogP contribution >= 0.6 is 31.9 Å². The molecule has 1 amide bonds. The predicted octanol–water partition coefficient (Wildman–Crippen LogP) is 3.59. The quantitative estimate of drug-likeness (QED) is 0.767. The van der Waals surface area contributed by atoms with Crippen molar-refractivity contribution in [1.82, 2.24) is 0 Å². The number of hydrogen-bond acceptors (Lipinski definition) is 3. The molecule has 0 fully saturated rings. The Morgan fingerprint density at radius 3 is 2.67 bits per heavy atom. The molecule has 0 saturated heterocycles. The van der Waals surface area contributed by atoms with E-state index in [2.05, 4.69) is 37.2 Å². The highest BCUT2D eigenvalue weighted by Gasteiger charge is 2.10. The number of carbonyl (C=O) groups excluding carboxylic acids is 1. The summed E-state index contributed by atoms with van der Waals surface area (Å²) in [4.78, 5) is 11.6. The number of nitrogens with one attached hydrogen (secondary N) is 1. The van der Waals surface area contributed by atoms with Crippen LogP contribution < -0.4 is 10.1 Å². The summed E-state index contributed by atoms with van der Waals surface area (Å²) in [7, 11) is 1.57. The number of methoxy groups -OCH3 is 1. The molecule has 4 nitrogen and oxygen atoms in total. The maximum atomic E-state index is 11.6. The van der Waals surface area contributed by atoms with Gasteiger partial charge in [-0.1, -0.05) is 6.92 Å². The summed E-state index contributed by atoms with van der Waals surface area (Å²) in [6, 6.07) is 3.56. The second-order valence-electron chi connectivity index (χ2n) is 3.57. The summed E-state index contributed by atoms with van der Waals surface area (Å²) >= 11 is 6.75. The third-order valence-electron chi connectivity index (χ3n) is 2.10. The van der Waals surface area contributed by atoms with Crippen molar-refractivity contribution in [3.63, 3.8) is 0 Å². The Labute approximate surface area is 123 Å². The van der Waals surface area contributed by atoms with Gasteiger partial charge in [0.05, 0.1) is 17.3 Å². The fourth-order valence-corrected chi connectivity index (χ4v) is 2.53. The SMILES string of the molecule is CCCOCC(=O)Nc1cc(OC)c(Br)cc1Br. The molecule has 1 rings (SSSR count). The van der Waals surface area contributed by atoms with Gasteiger partial charge in [-0.05, 0) is 44.3 Å². The van der Waals surface area contributed by atoms with Crippen LogP contribution in [0.2, 0.25) is 0 Å². The van der Waals surface area contributed by atoms with Crippen LogP contribution in [0, 0.1) is 0 Å². The van der Waals surface area contributed by atoms with Crippen molar-refractivity contribution in [1.29, 1.82) is 0 Å². The fraction of sp³-hybridized carbons (Fsp3) is 0.417. The maximum absolute atomic E-state index is 11.6. The van der Waals surface area contributed by atoms with Gasteiger partial charge >= 0.3 is 0 Å². The van der Waals surface area contributed by atoms with Gasteiger partial charge in [-0.3, -0.25) is 4.79 Å². The first-order chi connectivity index (χ1) is 8.58. The van der Waals surface area contributed by atoms with Crippen LogP contribution in [0.1, 0.15) is 13.3 Å². The van der Waals surface area contributed by atoms with Gasteiger partial charge in [-0.25, -0.2) is 0 Å². The lowest BCUT2D eigenvalue weighted by Gasteiger charge is -2.11. The van der Waals surface area contributed by atoms with E-state index in [1.807, 2.05) is 13.0 Å². The fourth-order valence-electron chi connectivity index (χ4n) is 1.28. The van der Waals surface area contributed by atoms with Crippen molar-refractivity contribution in [3.05, 3.63) is 21.1 Å². The molecule has 0 aliphatic carbocycles. The molecular weight excluding hydrogens is 366 g/mol. The zero-order chi connectivity index (χ0) is 13.5. The third kappa shape index (κ3) is 4.59. The minimum atomic E-state index is -0.187. The topological polar surface area (TPSA) is 47.6 Å². The zero-order valence-electron chi connectivity index (χ0n) is 10.3. The summed E-state index contributed by atoms with van der Waals surface area (Å²) in [6.07, 6.45) is 0.892. The lowest BCUT2D eigenvalue weighted by molar-refractivity contribution is -0.120. The van der Waals surface area contributed by atoms with Gasteiger partial charge in [-0.2, -0.15) is 0 Å². The van der Waals surface area contributed by atoms with Crippen LogP contribution in [-0.4, -0.2) is 26.2 Å². The zero-order valence-corrected chi connectivity index (χ0v) is 13.4. The van der Waals surface area contributed by atoms with E-state index in [4.69, 9.17) is 9.47 Å². The van der Waals surface area contributed by atoms with E-state index >= 15 is 0 Å². The molecule has 0 spiro atoms. The Bertz CT molecular complexity index is 424. The Morgan fingerprint density at radius 1 is 1.33 bits per heavy atom. The number of benzene rings is 1. The minimum Gasteiger partial charge on any atom is -0.495 e. The Hall–Kier alpha value is -0.590. The molecule has 6 heteroatoms. The van der Waals surface area contributed by atoms with Gasteiger partial charge in [0.15, 0.2) is 0 Å². The van der Waals surface area contributed by atoms with Gasteiger partial charge in [0, 0.05) is 17.1 Å². The molecular formula is C12H15Br2NO3. The van der Waals surface area contributed by atoms with E-state index in [0.29, 0.717) is 18.0 Å². The molecule has 0 atom stereocenters. The van der Waals surface area contributed by atoms with Crippen LogP contribution in [-0.2, 0) is 9.53 Å². The van der Waals surface area contributed by atoms with Crippen molar-refractivity contribution < 1.29 is 14.3 Å². The molecule has 1 aromatic rings. The van der Waals surface area contributed by atoms with Crippen molar-refractivity contribution in [2.45, 2.75) is 13.3 Å². The standard InChI is InChI=1S/C12H15Br2NO3/c1-3-4-18-7-12(16)15-10-6-11(17-2)9(14)5-8(10)13/h5-6H,3-4,7H2,1-2H3,(H,15,16). The summed E-state index contributed by atoms with van der Waals surface area (Å²) in [5.41, 5.74) is 0.653. The highest BCUT2D eigenvalue weighted by molar-refractivity contribution is 9.11. The second kappa shape index (κ2) is 7.76. The average Bonchev–Trinajstić information content (AvgIpc) is 2.33. The highest BCUT2D eigenvalue weighted by atomic mass is 79.9. The van der Waals surface area contributed by atoms with Gasteiger partial charge in [0.2, 0.25) is 5.91 Å². The van der Waals surface area contributed by atoms with Crippen LogP contribution in [0.25, 0.3) is 0 Å². The van der Waals surface area contributed by atoms with Gasteiger partial charge in [0.25, 0.3) is 0 Å². The van der Waals surface area contributed by atoms with Crippen LogP contribution in [0.4, 0.5) is 5.69 Å². The Balaban J connectivity index is 2.69. The third-order valence-corrected chi connectivity index (χ3v) is 3.37. The predicted molar refractivity (Wildman–Crippen MR) is 78.1 cm³/mol. The normalized spacial score (nSPS) is 10.2. The smallest absolute Gasteiger partial charge is 0.250 e. The molecule has 0 aliphatic heterocycles. The maximum Gasteiger partial charge on any atom is 0.250 e. The van der Waals surface area contributed by atoms with E-state index in [-0.39, 0.29) is 12.5 Å². The number of halogens is 2. The first-order valence-electron chi connectivity index (χ1n) is 5.49. The summed E-state index contributed by atoms with van der Waals surface area (Å²) < 4.78 is 11.9. The van der Waals surface area contributed by atoms with Crippen LogP contribution in [0.5, 0.6) is 5.75 Å². The highest BCUT2D eigenvalue weighted by Crippen LogP contribution is 2.34. The first-order valence-corrected chi connectivity index (χ1v) is 7.07. The number of ether oxygens (including phenoxy) is 2. The number of amides is 1. The number of anilines is 1. The van der Waals surface area contributed by atoms with Crippen molar-refractivity contribution in [2.24, 2.45) is 0 Å². The molecule has 0 unspecified atom stereocenters. The molecule has 0 aliphatic rings. The van der Waals surface area contributed by atoms with Crippen molar-refractivity contribution in [2.75, 3.05) is 25.6 Å². The number of rotatable bonds is 6. The molecule has 0 aromatic heterocycles. The number of hydrogen-bond donors (Lipinski definition) is 1. The molecule has 0 heterocycles. The molecule has 0 bridgehead atoms. The summed E-state index contributed by atoms with van der Waals surface area (Å²) in [5.74, 6) is 0.469. The second-order valence-corrected chi connectivity index (χ2v) is 5.28. The van der Waals surface area contributed by atoms with Crippen LogP contribution in [0.3, 0.4) is 0 Å². The molecule has 100 valence electrons. The molecule has 1 N–H and O–H groups in total. The molecule has 1 aromatic carbocycles. The van der Waals surface area contributed by atoms with E-state index in [9.17, 15) is 4.79 Å². The van der Waals surface area contributed by atoms with E-state index in [1.54, 1.807) is 13.2 Å². The lowest BCUT2D eigenvalue weighted by atomic mass is 10.3. The largest absolute Gasteiger partial charge is 0.495 e. The van der Waals surface area contributed by atoms with E-state index in [0.717, 1.165) is 15.4 Å². The molecule has 0 saturated carbocycles. The van der Waals surface area contributed by atoms with Crippen molar-refractivity contribution in [3.8, 4) is 5.75 Å². The Morgan fingerprint density at radius 2 is 2.06 bits per heavy atom. The van der Waals surface area contributed by atoms with Crippen LogP contribution in [0.15, 0.2) is 21.1 Å². The monoisotopic (exact) mass is 379 g/mol. The van der Waals surface area contributed by atoms with Gasteiger partial charge in [-0.15, -0.1) is 0 Å². The lowest BCUT2D eigenvalue weighted by Crippen LogP contribution is -2.18. The molecule has 0 radical (unpaired) electrons. The Kier molecular flexibility index (Phi) is 6.67. The molecule has 18 heavy (non-hydrogen) atoms. The van der Waals surface area contributed by atoms with E-state index < -0.39 is 0 Å². The average molecular weight is 381 g/mol.